The van der Waals surface area contributed by atoms with Crippen LogP contribution in [0.1, 0.15) is 0 Å². The van der Waals surface area contributed by atoms with E-state index in [0.717, 1.165) is 4.31 Å². The Balaban J connectivity index is 2.49. The third-order valence-corrected chi connectivity index (χ3v) is 5.48. The number of hydrogen-bond donors (Lipinski definition) is 0. The lowest BCUT2D eigenvalue weighted by Gasteiger charge is -2.20. The van der Waals surface area contributed by atoms with Crippen LogP contribution in [0.5, 0.6) is 0 Å². The maximum atomic E-state index is 12.5. The van der Waals surface area contributed by atoms with Gasteiger partial charge in [0.05, 0.1) is 10.7 Å². The summed E-state index contributed by atoms with van der Waals surface area (Å²) in [6.45, 7) is 0. The van der Waals surface area contributed by atoms with Crippen LogP contribution in [0.15, 0.2) is 47.4 Å². The van der Waals surface area contributed by atoms with Crippen molar-refractivity contribution in [3.63, 3.8) is 0 Å². The van der Waals surface area contributed by atoms with Crippen molar-refractivity contribution >= 4 is 50.5 Å². The fraction of sp³-hybridized carbons (Fsp3) is 0.0769. The molecule has 0 aliphatic carbocycles. The lowest BCUT2D eigenvalue weighted by Crippen LogP contribution is -2.26. The first kappa shape index (κ1) is 15.4. The van der Waals surface area contributed by atoms with Crippen LogP contribution in [0.3, 0.4) is 0 Å². The Hall–Kier alpha value is -0.940. The summed E-state index contributed by atoms with van der Waals surface area (Å²) in [5.41, 5.74) is 0.477. The molecule has 0 saturated heterocycles. The van der Waals surface area contributed by atoms with Gasteiger partial charge in [-0.15, -0.1) is 0 Å². The van der Waals surface area contributed by atoms with Gasteiger partial charge in [-0.3, -0.25) is 4.31 Å². The van der Waals surface area contributed by atoms with Gasteiger partial charge in [-0.2, -0.15) is 0 Å². The molecule has 0 saturated carbocycles. The molecule has 2 rings (SSSR count). The summed E-state index contributed by atoms with van der Waals surface area (Å²) in [4.78, 5) is -0.0379. The van der Waals surface area contributed by atoms with Gasteiger partial charge in [0.15, 0.2) is 0 Å². The summed E-state index contributed by atoms with van der Waals surface area (Å²) in [7, 11) is -2.34. The van der Waals surface area contributed by atoms with Crippen molar-refractivity contribution in [3.8, 4) is 0 Å². The molecule has 20 heavy (non-hydrogen) atoms. The second-order valence-electron chi connectivity index (χ2n) is 4.02. The summed E-state index contributed by atoms with van der Waals surface area (Å²) in [5.74, 6) is 0. The van der Waals surface area contributed by atoms with E-state index in [1.807, 2.05) is 0 Å². The highest BCUT2D eigenvalue weighted by Gasteiger charge is 2.24. The van der Waals surface area contributed by atoms with Crippen molar-refractivity contribution < 1.29 is 8.42 Å². The number of sulfonamides is 1. The number of rotatable bonds is 3. The highest BCUT2D eigenvalue weighted by Crippen LogP contribution is 2.30. The Kier molecular flexibility index (Phi) is 4.49. The van der Waals surface area contributed by atoms with Gasteiger partial charge in [0, 0.05) is 17.1 Å². The molecule has 0 fully saturated rings. The standard InChI is InChI=1S/C13H10Cl3NO2S/c1-17(11-5-2-9(14)3-6-11)20(18,19)13-8-10(15)4-7-12(13)16/h2-8H,1H3. The Morgan fingerprint density at radius 1 is 0.900 bits per heavy atom. The van der Waals surface area contributed by atoms with Crippen LogP contribution in [0.2, 0.25) is 15.1 Å². The normalized spacial score (nSPS) is 11.4. The summed E-state index contributed by atoms with van der Waals surface area (Å²) in [5, 5.41) is 0.952. The average Bonchev–Trinajstić information content (AvgIpc) is 2.41. The second kappa shape index (κ2) is 5.82. The van der Waals surface area contributed by atoms with E-state index in [1.54, 1.807) is 24.3 Å². The maximum Gasteiger partial charge on any atom is 0.265 e. The zero-order valence-electron chi connectivity index (χ0n) is 10.3. The van der Waals surface area contributed by atoms with E-state index < -0.39 is 10.0 Å². The third kappa shape index (κ3) is 3.04. The molecular formula is C13H10Cl3NO2S. The van der Waals surface area contributed by atoms with Gasteiger partial charge in [0.2, 0.25) is 0 Å². The van der Waals surface area contributed by atoms with Gasteiger partial charge in [-0.1, -0.05) is 34.8 Å². The number of benzene rings is 2. The lowest BCUT2D eigenvalue weighted by atomic mass is 10.3. The van der Waals surface area contributed by atoms with E-state index in [2.05, 4.69) is 0 Å². The molecule has 106 valence electrons. The fourth-order valence-electron chi connectivity index (χ4n) is 1.61. The Morgan fingerprint density at radius 2 is 1.45 bits per heavy atom. The number of anilines is 1. The van der Waals surface area contributed by atoms with Crippen LogP contribution in [0.25, 0.3) is 0 Å². The van der Waals surface area contributed by atoms with Gasteiger partial charge >= 0.3 is 0 Å². The van der Waals surface area contributed by atoms with E-state index in [1.165, 1.54) is 25.2 Å². The van der Waals surface area contributed by atoms with E-state index in [-0.39, 0.29) is 9.92 Å². The van der Waals surface area contributed by atoms with Crippen LogP contribution < -0.4 is 4.31 Å². The van der Waals surface area contributed by atoms with Gasteiger partial charge in [0.25, 0.3) is 10.0 Å². The summed E-state index contributed by atoms with van der Waals surface area (Å²) < 4.78 is 26.2. The largest absolute Gasteiger partial charge is 0.269 e. The van der Waals surface area contributed by atoms with Crippen molar-refractivity contribution in [2.75, 3.05) is 11.4 Å². The van der Waals surface area contributed by atoms with E-state index >= 15 is 0 Å². The first-order chi connectivity index (χ1) is 9.32. The molecular weight excluding hydrogens is 341 g/mol. The quantitative estimate of drug-likeness (QED) is 0.819. The minimum atomic E-state index is -3.78. The monoisotopic (exact) mass is 349 g/mol. The van der Waals surface area contributed by atoms with E-state index in [4.69, 9.17) is 34.8 Å². The number of halogens is 3. The van der Waals surface area contributed by atoms with Crippen molar-refractivity contribution in [1.29, 1.82) is 0 Å². The van der Waals surface area contributed by atoms with Crippen LogP contribution in [-0.4, -0.2) is 15.5 Å². The predicted octanol–water partition coefficient (Wildman–Crippen LogP) is 4.47. The van der Waals surface area contributed by atoms with E-state index in [0.29, 0.717) is 15.7 Å². The first-order valence-electron chi connectivity index (χ1n) is 5.52. The van der Waals surface area contributed by atoms with Crippen LogP contribution in [0.4, 0.5) is 5.69 Å². The number of hydrogen-bond acceptors (Lipinski definition) is 2. The van der Waals surface area contributed by atoms with Crippen molar-refractivity contribution in [1.82, 2.24) is 0 Å². The first-order valence-corrected chi connectivity index (χ1v) is 8.09. The highest BCUT2D eigenvalue weighted by molar-refractivity contribution is 7.93. The van der Waals surface area contributed by atoms with E-state index in [9.17, 15) is 8.42 Å². The SMILES string of the molecule is CN(c1ccc(Cl)cc1)S(=O)(=O)c1cc(Cl)ccc1Cl. The van der Waals surface area contributed by atoms with Crippen LogP contribution in [0, 0.1) is 0 Å². The van der Waals surface area contributed by atoms with Gasteiger partial charge in [0.1, 0.15) is 4.90 Å². The van der Waals surface area contributed by atoms with Crippen LogP contribution in [-0.2, 0) is 10.0 Å². The minimum absolute atomic E-state index is 0.0379. The Bertz CT molecular complexity index is 730. The molecule has 3 nitrogen and oxygen atoms in total. The molecule has 0 unspecified atom stereocenters. The molecule has 0 aliphatic heterocycles. The molecule has 2 aromatic carbocycles. The topological polar surface area (TPSA) is 37.4 Å². The zero-order valence-corrected chi connectivity index (χ0v) is 13.4. The Morgan fingerprint density at radius 3 is 2.05 bits per heavy atom. The summed E-state index contributed by atoms with van der Waals surface area (Å²) >= 11 is 17.6. The van der Waals surface area contributed by atoms with Crippen molar-refractivity contribution in [2.24, 2.45) is 0 Å². The molecule has 0 heterocycles. The molecule has 0 aliphatic rings. The summed E-state index contributed by atoms with van der Waals surface area (Å²) in [6, 6.07) is 10.8. The lowest BCUT2D eigenvalue weighted by molar-refractivity contribution is 0.594. The van der Waals surface area contributed by atoms with Crippen molar-refractivity contribution in [2.45, 2.75) is 4.90 Å². The molecule has 0 spiro atoms. The zero-order chi connectivity index (χ0) is 14.9. The average molecular weight is 351 g/mol. The number of nitrogens with zero attached hydrogens (tertiary/aromatic N) is 1. The van der Waals surface area contributed by atoms with Gasteiger partial charge in [-0.05, 0) is 42.5 Å². The molecule has 7 heteroatoms. The predicted molar refractivity (Wildman–Crippen MR) is 83.5 cm³/mol. The molecule has 0 bridgehead atoms. The molecule has 0 amide bonds. The fourth-order valence-corrected chi connectivity index (χ4v) is 3.67. The summed E-state index contributed by atoms with van der Waals surface area (Å²) in [6.07, 6.45) is 0. The van der Waals surface area contributed by atoms with Crippen molar-refractivity contribution in [3.05, 3.63) is 57.5 Å². The molecule has 0 aromatic heterocycles. The Labute approximate surface area is 132 Å². The molecule has 0 N–H and O–H groups in total. The highest BCUT2D eigenvalue weighted by atomic mass is 35.5. The van der Waals surface area contributed by atoms with Gasteiger partial charge < -0.3 is 0 Å². The minimum Gasteiger partial charge on any atom is -0.269 e. The molecule has 0 radical (unpaired) electrons. The third-order valence-electron chi connectivity index (χ3n) is 2.72. The molecule has 0 atom stereocenters. The van der Waals surface area contributed by atoms with Gasteiger partial charge in [-0.25, -0.2) is 8.42 Å². The second-order valence-corrected chi connectivity index (χ2v) is 7.24. The smallest absolute Gasteiger partial charge is 0.265 e. The molecule has 2 aromatic rings. The maximum absolute atomic E-state index is 12.5. The van der Waals surface area contributed by atoms with Crippen LogP contribution >= 0.6 is 34.8 Å².